The largest absolute Gasteiger partial charge is 0.510 e. The monoisotopic (exact) mass is 1120 g/mol. The molecule has 0 atom stereocenters. The van der Waals surface area contributed by atoms with Crippen LogP contribution in [-0.4, -0.2) is 14.1 Å². The van der Waals surface area contributed by atoms with Crippen LogP contribution < -0.4 is 9.30 Å². The van der Waals surface area contributed by atoms with Gasteiger partial charge in [0.15, 0.2) is 0 Å². The Balaban J connectivity index is 0.00000560. The molecule has 0 N–H and O–H groups in total. The van der Waals surface area contributed by atoms with Gasteiger partial charge in [0.05, 0.1) is 18.1 Å². The predicted octanol–water partition coefficient (Wildman–Crippen LogP) is 15.7. The zero-order valence-corrected chi connectivity index (χ0v) is 46.1. The van der Waals surface area contributed by atoms with E-state index in [0.717, 1.165) is 49.9 Å². The number of hydrogen-bond acceptors (Lipinski definition) is 2. The van der Waals surface area contributed by atoms with Crippen LogP contribution in [0.5, 0.6) is 11.5 Å². The van der Waals surface area contributed by atoms with Gasteiger partial charge in [0.2, 0.25) is 6.33 Å². The van der Waals surface area contributed by atoms with Crippen molar-refractivity contribution in [2.24, 2.45) is 7.05 Å². The van der Waals surface area contributed by atoms with Crippen LogP contribution in [-0.2, 0) is 55.2 Å². The summed E-state index contributed by atoms with van der Waals surface area (Å²) in [6.45, 7) is 28.5. The van der Waals surface area contributed by atoms with E-state index in [1.165, 1.54) is 61.2 Å². The van der Waals surface area contributed by atoms with Crippen LogP contribution in [0.4, 0.5) is 0 Å². The Morgan fingerprint density at radius 1 is 0.556 bits per heavy atom. The Morgan fingerprint density at radius 3 is 1.79 bits per heavy atom. The number of aryl methyl sites for hydroxylation is 1. The second kappa shape index (κ2) is 16.2. The Bertz CT molecular complexity index is 3750. The smallest absolute Gasteiger partial charge is 0.242 e. The molecule has 2 aliphatic rings. The Hall–Kier alpha value is -6.55. The molecule has 1 aliphatic carbocycles. The predicted molar refractivity (Wildman–Crippen MR) is 291 cm³/mol. The van der Waals surface area contributed by atoms with E-state index in [1.54, 1.807) is 0 Å². The maximum absolute atomic E-state index is 7.00. The third-order valence-corrected chi connectivity index (χ3v) is 15.3. The molecule has 1 spiro atoms. The number of nitrogens with zero attached hydrogens (tertiary/aromatic N) is 4. The van der Waals surface area contributed by atoms with E-state index in [1.807, 2.05) is 30.5 Å². The number of hydrogen-bond donors (Lipinski definition) is 0. The van der Waals surface area contributed by atoms with Crippen molar-refractivity contribution in [3.05, 3.63) is 203 Å². The van der Waals surface area contributed by atoms with Gasteiger partial charge >= 0.3 is 0 Å². The molecule has 4 heterocycles. The summed E-state index contributed by atoms with van der Waals surface area (Å²) in [6, 6.07) is 56.6. The number of imidazole rings is 1. The topological polar surface area (TPSA) is 35.9 Å². The van der Waals surface area contributed by atoms with Crippen molar-refractivity contribution in [2.75, 3.05) is 0 Å². The number of ether oxygens (including phenoxy) is 1. The zero-order valence-electron chi connectivity index (χ0n) is 43.8. The number of para-hydroxylation sites is 1. The van der Waals surface area contributed by atoms with Crippen LogP contribution in [0.2, 0.25) is 0 Å². The molecule has 364 valence electrons. The summed E-state index contributed by atoms with van der Waals surface area (Å²) < 4.78 is 13.6. The van der Waals surface area contributed by atoms with E-state index < -0.39 is 5.41 Å². The van der Waals surface area contributed by atoms with E-state index in [9.17, 15) is 0 Å². The van der Waals surface area contributed by atoms with Crippen molar-refractivity contribution in [2.45, 2.75) is 110 Å². The maximum Gasteiger partial charge on any atom is 0.242 e. The van der Waals surface area contributed by atoms with E-state index in [4.69, 9.17) is 9.72 Å². The summed E-state index contributed by atoms with van der Waals surface area (Å²) in [4.78, 5) is 4.83. The van der Waals surface area contributed by atoms with Crippen molar-refractivity contribution in [3.8, 4) is 45.3 Å². The number of benzene rings is 7. The fourth-order valence-corrected chi connectivity index (χ4v) is 11.8. The maximum atomic E-state index is 7.00. The van der Waals surface area contributed by atoms with Crippen LogP contribution in [0.1, 0.15) is 128 Å². The normalized spacial score (nSPS) is 13.9. The average molecular weight is 1120 g/mol. The molecule has 0 bridgehead atoms. The van der Waals surface area contributed by atoms with Gasteiger partial charge in [-0.1, -0.05) is 185 Å². The molecule has 6 heteroatoms. The van der Waals surface area contributed by atoms with Crippen molar-refractivity contribution in [1.29, 1.82) is 0 Å². The molecular formula is C66H62N4OPt-2. The minimum Gasteiger partial charge on any atom is -0.510 e. The van der Waals surface area contributed by atoms with Gasteiger partial charge < -0.3 is 18.4 Å². The summed E-state index contributed by atoms with van der Waals surface area (Å²) >= 11 is 0. The van der Waals surface area contributed by atoms with Gasteiger partial charge in [-0.25, -0.2) is 4.98 Å². The van der Waals surface area contributed by atoms with Crippen LogP contribution in [0.15, 0.2) is 140 Å². The second-order valence-corrected chi connectivity index (χ2v) is 24.2. The Morgan fingerprint density at radius 2 is 1.18 bits per heavy atom. The van der Waals surface area contributed by atoms with Gasteiger partial charge in [0.1, 0.15) is 5.82 Å². The first-order valence-electron chi connectivity index (χ1n) is 25.2. The first-order valence-corrected chi connectivity index (χ1v) is 25.2. The van der Waals surface area contributed by atoms with Gasteiger partial charge in [0, 0.05) is 49.7 Å². The zero-order chi connectivity index (χ0) is 49.7. The Kier molecular flexibility index (Phi) is 10.8. The average Bonchev–Trinajstić information content (AvgIpc) is 3.95. The van der Waals surface area contributed by atoms with Crippen molar-refractivity contribution in [3.63, 3.8) is 0 Å². The second-order valence-electron chi connectivity index (χ2n) is 24.2. The number of rotatable bonds is 4. The summed E-state index contributed by atoms with van der Waals surface area (Å²) in [7, 11) is 2.11. The van der Waals surface area contributed by atoms with Gasteiger partial charge in [-0.15, -0.1) is 35.2 Å². The fourth-order valence-electron chi connectivity index (χ4n) is 11.8. The summed E-state index contributed by atoms with van der Waals surface area (Å²) in [5.41, 5.74) is 19.5. The minimum absolute atomic E-state index is 0. The van der Waals surface area contributed by atoms with Gasteiger partial charge in [-0.2, -0.15) is 12.1 Å². The van der Waals surface area contributed by atoms with E-state index in [2.05, 4.69) is 231 Å². The molecule has 5 nitrogen and oxygen atoms in total. The van der Waals surface area contributed by atoms with Crippen LogP contribution >= 0.6 is 0 Å². The van der Waals surface area contributed by atoms with E-state index in [0.29, 0.717) is 11.5 Å². The molecule has 72 heavy (non-hydrogen) atoms. The van der Waals surface area contributed by atoms with Crippen molar-refractivity contribution in [1.82, 2.24) is 14.1 Å². The number of pyridine rings is 1. The summed E-state index contributed by atoms with van der Waals surface area (Å²) in [5.74, 6) is 2.03. The quantitative estimate of drug-likeness (QED) is 0.130. The van der Waals surface area contributed by atoms with Gasteiger partial charge in [-0.05, 0) is 106 Å². The standard InChI is InChI=1S/C66H62N4O.Pt/c1-62(2,3)42-33-48-49-34-43(63(4,5)6)36-53(65(10,11)12)60(49)66(59(48)52(35-42)64(7,8)9)50-29-27-45(38-57(50)69-39-68(13)55-23-19-22-51(66)61(55)69)71-44-26-28-46-47-32-41(40-20-15-14-16-21-40)25-30-54(47)70(56(46)37-44)58-24-17-18-31-67-58;/h14-36H,1-13H3;/q-2;. The SMILES string of the molecule is C[n+]1[c-]n2c3c(cccc31)C1(c3ccc(Oc4[c-]c5c(cc4)c4cc(-c6ccccc6)ccc4n5-c4ccccn4)[c-]c3-2)c2c(cc(C(C)(C)C)cc2C(C)(C)C)-c2cc(C(C)(C)C)cc(C(C)(C)C)c21.[Pt]. The van der Waals surface area contributed by atoms with Crippen LogP contribution in [0.3, 0.4) is 0 Å². The molecule has 3 aromatic heterocycles. The molecule has 0 saturated carbocycles. The van der Waals surface area contributed by atoms with Crippen molar-refractivity contribution < 1.29 is 30.4 Å². The summed E-state index contributed by atoms with van der Waals surface area (Å²) in [5, 5.41) is 2.21. The van der Waals surface area contributed by atoms with Gasteiger partial charge in [-0.3, -0.25) is 0 Å². The summed E-state index contributed by atoms with van der Waals surface area (Å²) in [6.07, 6.45) is 5.60. The van der Waals surface area contributed by atoms with Crippen LogP contribution in [0, 0.1) is 18.5 Å². The van der Waals surface area contributed by atoms with Crippen LogP contribution in [0.25, 0.3) is 66.6 Å². The number of aromatic nitrogens is 4. The molecule has 7 aromatic carbocycles. The molecule has 0 amide bonds. The molecule has 0 fully saturated rings. The third kappa shape index (κ3) is 7.12. The third-order valence-electron chi connectivity index (χ3n) is 15.3. The first-order chi connectivity index (χ1) is 33.6. The molecule has 1 aliphatic heterocycles. The van der Waals surface area contributed by atoms with E-state index in [-0.39, 0.29) is 42.7 Å². The molecule has 0 radical (unpaired) electrons. The Labute approximate surface area is 439 Å². The molecule has 12 rings (SSSR count). The number of fused-ring (bicyclic) bond motifs is 12. The first kappa shape index (κ1) is 47.8. The van der Waals surface area contributed by atoms with E-state index >= 15 is 0 Å². The molecular weight excluding hydrogens is 1060 g/mol. The van der Waals surface area contributed by atoms with Crippen molar-refractivity contribution >= 4 is 32.8 Å². The fraction of sp³-hybridized carbons (Fsp3) is 0.273. The molecule has 0 unspecified atom stereocenters. The minimum atomic E-state index is -0.699. The van der Waals surface area contributed by atoms with Gasteiger partial charge in [0.25, 0.3) is 0 Å². The molecule has 0 saturated heterocycles. The molecule has 10 aromatic rings.